The Bertz CT molecular complexity index is 601. The molecule has 118 valence electrons. The first kappa shape index (κ1) is 14.8. The van der Waals surface area contributed by atoms with Gasteiger partial charge in [-0.15, -0.1) is 0 Å². The van der Waals surface area contributed by atoms with Crippen LogP contribution in [0.2, 0.25) is 0 Å². The average Bonchev–Trinajstić information content (AvgIpc) is 3.16. The van der Waals surface area contributed by atoms with Crippen molar-refractivity contribution in [3.63, 3.8) is 0 Å². The van der Waals surface area contributed by atoms with Crippen LogP contribution in [0.25, 0.3) is 5.65 Å². The number of imidazole rings is 1. The van der Waals surface area contributed by atoms with E-state index in [0.29, 0.717) is 13.0 Å². The monoisotopic (exact) mass is 302 g/mol. The molecule has 2 N–H and O–H groups in total. The Labute approximate surface area is 129 Å². The van der Waals surface area contributed by atoms with Gasteiger partial charge < -0.3 is 19.8 Å². The van der Waals surface area contributed by atoms with Crippen LogP contribution in [-0.2, 0) is 11.2 Å². The van der Waals surface area contributed by atoms with Gasteiger partial charge in [0.1, 0.15) is 5.65 Å². The van der Waals surface area contributed by atoms with E-state index in [4.69, 9.17) is 4.74 Å². The minimum absolute atomic E-state index is 0.0395. The Kier molecular flexibility index (Phi) is 4.58. The van der Waals surface area contributed by atoms with E-state index in [1.165, 1.54) is 0 Å². The second-order valence-corrected chi connectivity index (χ2v) is 5.69. The molecular formula is C16H22N4O2. The molecule has 0 bridgehead atoms. The Morgan fingerprint density at radius 1 is 1.55 bits per heavy atom. The number of aromatic nitrogens is 2. The quantitative estimate of drug-likeness (QED) is 0.884. The van der Waals surface area contributed by atoms with Crippen LogP contribution in [0.3, 0.4) is 0 Å². The van der Waals surface area contributed by atoms with E-state index in [1.54, 1.807) is 0 Å². The zero-order valence-electron chi connectivity index (χ0n) is 12.8. The van der Waals surface area contributed by atoms with Crippen molar-refractivity contribution in [3.05, 3.63) is 36.3 Å². The number of nitrogens with zero attached hydrogens (tertiary/aromatic N) is 2. The molecule has 0 radical (unpaired) electrons. The van der Waals surface area contributed by atoms with Crippen LogP contribution in [0, 0.1) is 0 Å². The van der Waals surface area contributed by atoms with E-state index in [-0.39, 0.29) is 18.2 Å². The number of ether oxygens (including phenoxy) is 1. The van der Waals surface area contributed by atoms with Crippen molar-refractivity contribution in [2.24, 2.45) is 0 Å². The molecule has 0 saturated carbocycles. The third-order valence-corrected chi connectivity index (χ3v) is 3.96. The highest BCUT2D eigenvalue weighted by molar-refractivity contribution is 5.74. The van der Waals surface area contributed by atoms with Gasteiger partial charge >= 0.3 is 6.03 Å². The third-order valence-electron chi connectivity index (χ3n) is 3.96. The Balaban J connectivity index is 1.43. The maximum absolute atomic E-state index is 11.9. The van der Waals surface area contributed by atoms with Crippen LogP contribution in [-0.4, -0.2) is 40.7 Å². The highest BCUT2D eigenvalue weighted by atomic mass is 16.5. The van der Waals surface area contributed by atoms with Crippen molar-refractivity contribution in [2.75, 3.05) is 13.2 Å². The van der Waals surface area contributed by atoms with Crippen LogP contribution in [0.4, 0.5) is 4.79 Å². The molecule has 2 aromatic rings. The van der Waals surface area contributed by atoms with Gasteiger partial charge in [0.2, 0.25) is 0 Å². The number of carbonyl (C=O) groups excluding carboxylic acids is 1. The van der Waals surface area contributed by atoms with E-state index in [9.17, 15) is 4.79 Å². The Morgan fingerprint density at radius 2 is 2.45 bits per heavy atom. The number of rotatable bonds is 5. The van der Waals surface area contributed by atoms with Gasteiger partial charge in [0, 0.05) is 32.0 Å². The van der Waals surface area contributed by atoms with Crippen molar-refractivity contribution in [3.8, 4) is 0 Å². The standard InChI is InChI=1S/C16H22N4O2/c1-12(14-5-4-10-22-14)18-16(21)17-8-7-13-11-20-9-3-2-6-15(20)19-13/h2-3,6,9,11-12,14H,4-5,7-8,10H2,1H3,(H2,17,18,21)/t12-,14-/m1/s1. The lowest BCUT2D eigenvalue weighted by molar-refractivity contribution is 0.0860. The first-order chi connectivity index (χ1) is 10.7. The molecule has 0 aromatic carbocycles. The number of amides is 2. The SMILES string of the molecule is C[C@@H](NC(=O)NCCc1cn2ccccc2n1)[C@H]1CCCO1. The molecule has 3 heterocycles. The van der Waals surface area contributed by atoms with E-state index in [0.717, 1.165) is 30.8 Å². The summed E-state index contributed by atoms with van der Waals surface area (Å²) in [6, 6.07) is 5.79. The van der Waals surface area contributed by atoms with Crippen LogP contribution in [0.1, 0.15) is 25.5 Å². The summed E-state index contributed by atoms with van der Waals surface area (Å²) >= 11 is 0. The fourth-order valence-corrected chi connectivity index (χ4v) is 2.76. The highest BCUT2D eigenvalue weighted by Crippen LogP contribution is 2.15. The minimum atomic E-state index is -0.147. The molecule has 2 aromatic heterocycles. The van der Waals surface area contributed by atoms with Crippen LogP contribution < -0.4 is 10.6 Å². The molecule has 0 spiro atoms. The summed E-state index contributed by atoms with van der Waals surface area (Å²) in [5.74, 6) is 0. The van der Waals surface area contributed by atoms with Gasteiger partial charge in [-0.1, -0.05) is 6.07 Å². The number of hydrogen-bond donors (Lipinski definition) is 2. The molecule has 0 aliphatic carbocycles. The van der Waals surface area contributed by atoms with Gasteiger partial charge in [0.05, 0.1) is 17.8 Å². The maximum atomic E-state index is 11.9. The molecule has 1 aliphatic rings. The van der Waals surface area contributed by atoms with Crippen molar-refractivity contribution >= 4 is 11.7 Å². The summed E-state index contributed by atoms with van der Waals surface area (Å²) in [4.78, 5) is 16.4. The van der Waals surface area contributed by atoms with Crippen molar-refractivity contribution in [1.82, 2.24) is 20.0 Å². The average molecular weight is 302 g/mol. The van der Waals surface area contributed by atoms with Crippen LogP contribution >= 0.6 is 0 Å². The largest absolute Gasteiger partial charge is 0.376 e. The molecule has 2 amide bonds. The normalized spacial score (nSPS) is 19.2. The van der Waals surface area contributed by atoms with Crippen LogP contribution in [0.15, 0.2) is 30.6 Å². The lowest BCUT2D eigenvalue weighted by atomic mass is 10.1. The minimum Gasteiger partial charge on any atom is -0.376 e. The first-order valence-electron chi connectivity index (χ1n) is 7.81. The molecule has 22 heavy (non-hydrogen) atoms. The second-order valence-electron chi connectivity index (χ2n) is 5.69. The fraction of sp³-hybridized carbons (Fsp3) is 0.500. The zero-order valence-corrected chi connectivity index (χ0v) is 12.8. The van der Waals surface area contributed by atoms with Crippen molar-refractivity contribution in [2.45, 2.75) is 38.3 Å². The summed E-state index contributed by atoms with van der Waals surface area (Å²) < 4.78 is 7.55. The second kappa shape index (κ2) is 6.79. The summed E-state index contributed by atoms with van der Waals surface area (Å²) in [5, 5.41) is 5.81. The first-order valence-corrected chi connectivity index (χ1v) is 7.81. The van der Waals surface area contributed by atoms with Gasteiger partial charge in [-0.2, -0.15) is 0 Å². The third kappa shape index (κ3) is 3.57. The lowest BCUT2D eigenvalue weighted by Gasteiger charge is -2.20. The number of urea groups is 1. The number of pyridine rings is 1. The van der Waals surface area contributed by atoms with Gasteiger partial charge in [-0.05, 0) is 31.9 Å². The van der Waals surface area contributed by atoms with Gasteiger partial charge in [0.25, 0.3) is 0 Å². The topological polar surface area (TPSA) is 67.7 Å². The van der Waals surface area contributed by atoms with Crippen molar-refractivity contribution in [1.29, 1.82) is 0 Å². The molecule has 1 fully saturated rings. The number of carbonyl (C=O) groups is 1. The molecule has 0 unspecified atom stereocenters. The lowest BCUT2D eigenvalue weighted by Crippen LogP contribution is -2.46. The molecule has 1 aliphatic heterocycles. The number of fused-ring (bicyclic) bond motifs is 1. The molecule has 3 rings (SSSR count). The Hall–Kier alpha value is -2.08. The predicted octanol–water partition coefficient (Wildman–Crippen LogP) is 1.74. The summed E-state index contributed by atoms with van der Waals surface area (Å²) in [6.07, 6.45) is 6.90. The summed E-state index contributed by atoms with van der Waals surface area (Å²) in [6.45, 7) is 3.35. The van der Waals surface area contributed by atoms with E-state index >= 15 is 0 Å². The van der Waals surface area contributed by atoms with E-state index in [1.807, 2.05) is 41.9 Å². The Morgan fingerprint density at radius 3 is 3.23 bits per heavy atom. The highest BCUT2D eigenvalue weighted by Gasteiger charge is 2.23. The number of nitrogens with one attached hydrogen (secondary N) is 2. The van der Waals surface area contributed by atoms with E-state index < -0.39 is 0 Å². The maximum Gasteiger partial charge on any atom is 0.315 e. The van der Waals surface area contributed by atoms with Gasteiger partial charge in [0.15, 0.2) is 0 Å². The van der Waals surface area contributed by atoms with Gasteiger partial charge in [-0.3, -0.25) is 0 Å². The van der Waals surface area contributed by atoms with E-state index in [2.05, 4.69) is 15.6 Å². The van der Waals surface area contributed by atoms with Crippen LogP contribution in [0.5, 0.6) is 0 Å². The van der Waals surface area contributed by atoms with Gasteiger partial charge in [-0.25, -0.2) is 9.78 Å². The number of hydrogen-bond acceptors (Lipinski definition) is 3. The fourth-order valence-electron chi connectivity index (χ4n) is 2.76. The molecule has 6 heteroatoms. The summed E-state index contributed by atoms with van der Waals surface area (Å²) in [5.41, 5.74) is 1.90. The smallest absolute Gasteiger partial charge is 0.315 e. The molecule has 2 atom stereocenters. The van der Waals surface area contributed by atoms with Crippen molar-refractivity contribution < 1.29 is 9.53 Å². The predicted molar refractivity (Wildman–Crippen MR) is 83.9 cm³/mol. The summed E-state index contributed by atoms with van der Waals surface area (Å²) in [7, 11) is 0. The molecule has 6 nitrogen and oxygen atoms in total. The zero-order chi connectivity index (χ0) is 15.4. The molecule has 1 saturated heterocycles. The molecular weight excluding hydrogens is 280 g/mol.